The van der Waals surface area contributed by atoms with E-state index in [4.69, 9.17) is 11.5 Å². The Balaban J connectivity index is 3.53. The Bertz CT molecular complexity index is 647. The molecule has 0 unspecified atom stereocenters. The molecule has 0 aliphatic heterocycles. The molecular formula is C11H15N3O3S2. The number of carbonyl (C=O) groups excluding carboxylic acids is 1. The first kappa shape index (κ1) is 15.5. The molecule has 1 aromatic rings. The van der Waals surface area contributed by atoms with Crippen molar-refractivity contribution in [2.75, 3.05) is 12.5 Å². The number of sulfone groups is 1. The molecule has 6 nitrogen and oxygen atoms in total. The molecule has 0 aliphatic carbocycles. The van der Waals surface area contributed by atoms with E-state index >= 15 is 0 Å². The van der Waals surface area contributed by atoms with E-state index in [1.807, 2.05) is 0 Å². The first-order chi connectivity index (χ1) is 8.66. The maximum absolute atomic E-state index is 11.8. The third kappa shape index (κ3) is 3.71. The number of amides is 1. The van der Waals surface area contributed by atoms with Crippen molar-refractivity contribution >= 4 is 33.5 Å². The topological polar surface area (TPSA) is 116 Å². The van der Waals surface area contributed by atoms with Crippen molar-refractivity contribution in [3.63, 3.8) is 0 Å². The molecule has 0 aromatic heterocycles. The van der Waals surface area contributed by atoms with Crippen LogP contribution < -0.4 is 11.5 Å². The molecule has 4 N–H and O–H groups in total. The Hall–Kier alpha value is -1.54. The molecule has 1 amide bonds. The summed E-state index contributed by atoms with van der Waals surface area (Å²) in [5, 5.41) is 0. The molecule has 1 aromatic carbocycles. The third-order valence-electron chi connectivity index (χ3n) is 2.37. The summed E-state index contributed by atoms with van der Waals surface area (Å²) in [6.07, 6.45) is 2.85. The number of thioether (sulfide) groups is 1. The first-order valence-corrected chi connectivity index (χ1v) is 8.31. The number of nitrogens with two attached hydrogens (primary N) is 2. The largest absolute Gasteiger partial charge is 0.370 e. The van der Waals surface area contributed by atoms with Crippen molar-refractivity contribution < 1.29 is 13.2 Å². The molecule has 0 aliphatic rings. The summed E-state index contributed by atoms with van der Waals surface area (Å²) >= 11 is 1.30. The Labute approximate surface area is 116 Å². The lowest BCUT2D eigenvalue weighted by Gasteiger charge is -2.10. The lowest BCUT2D eigenvalue weighted by atomic mass is 10.1. The van der Waals surface area contributed by atoms with E-state index in [9.17, 15) is 13.2 Å². The van der Waals surface area contributed by atoms with Crippen LogP contribution in [0.2, 0.25) is 0 Å². The van der Waals surface area contributed by atoms with E-state index in [1.54, 1.807) is 19.2 Å². The second kappa shape index (κ2) is 5.62. The van der Waals surface area contributed by atoms with Crippen LogP contribution in [0.5, 0.6) is 0 Å². The molecule has 0 saturated heterocycles. The summed E-state index contributed by atoms with van der Waals surface area (Å²) in [5.41, 5.74) is 11.1. The highest BCUT2D eigenvalue weighted by Crippen LogP contribution is 2.28. The van der Waals surface area contributed by atoms with Crippen LogP contribution in [-0.4, -0.2) is 32.8 Å². The van der Waals surface area contributed by atoms with Crippen molar-refractivity contribution in [2.45, 2.75) is 16.7 Å². The molecule has 0 spiro atoms. The molecule has 0 radical (unpaired) electrons. The fraction of sp³-hybridized carbons (Fsp3) is 0.273. The number of carbonyl (C=O) groups is 1. The number of hydrogen-bond acceptors (Lipinski definition) is 4. The van der Waals surface area contributed by atoms with Crippen LogP contribution in [0.3, 0.4) is 0 Å². The van der Waals surface area contributed by atoms with E-state index in [0.717, 1.165) is 6.26 Å². The molecule has 0 saturated carbocycles. The summed E-state index contributed by atoms with van der Waals surface area (Å²) < 4.78 is 23.4. The van der Waals surface area contributed by atoms with Crippen LogP contribution in [-0.2, 0) is 9.84 Å². The minimum Gasteiger partial charge on any atom is -0.370 e. The van der Waals surface area contributed by atoms with Gasteiger partial charge in [-0.15, -0.1) is 11.8 Å². The van der Waals surface area contributed by atoms with Gasteiger partial charge in [0, 0.05) is 16.7 Å². The van der Waals surface area contributed by atoms with Gasteiger partial charge in [0.05, 0.1) is 4.90 Å². The molecule has 0 fully saturated rings. The van der Waals surface area contributed by atoms with Crippen LogP contribution in [0.25, 0.3) is 0 Å². The fourth-order valence-electron chi connectivity index (χ4n) is 1.52. The lowest BCUT2D eigenvalue weighted by Crippen LogP contribution is -2.24. The minimum absolute atomic E-state index is 0.0970. The van der Waals surface area contributed by atoms with Gasteiger partial charge in [-0.2, -0.15) is 4.99 Å². The first-order valence-electron chi connectivity index (χ1n) is 5.19. The Morgan fingerprint density at radius 1 is 1.32 bits per heavy atom. The van der Waals surface area contributed by atoms with Gasteiger partial charge < -0.3 is 11.5 Å². The highest BCUT2D eigenvalue weighted by Gasteiger charge is 2.18. The normalized spacial score (nSPS) is 11.1. The zero-order valence-electron chi connectivity index (χ0n) is 10.8. The number of benzene rings is 1. The summed E-state index contributed by atoms with van der Waals surface area (Å²) in [7, 11) is -3.43. The van der Waals surface area contributed by atoms with E-state index in [0.29, 0.717) is 10.5 Å². The molecule has 8 heteroatoms. The van der Waals surface area contributed by atoms with E-state index in [-0.39, 0.29) is 16.4 Å². The van der Waals surface area contributed by atoms with Gasteiger partial charge in [-0.3, -0.25) is 4.79 Å². The van der Waals surface area contributed by atoms with Gasteiger partial charge in [0.1, 0.15) is 0 Å². The van der Waals surface area contributed by atoms with Gasteiger partial charge >= 0.3 is 0 Å². The summed E-state index contributed by atoms with van der Waals surface area (Å²) in [4.78, 5) is 15.9. The minimum atomic E-state index is -3.43. The summed E-state index contributed by atoms with van der Waals surface area (Å²) in [6.45, 7) is 1.70. The van der Waals surface area contributed by atoms with E-state index < -0.39 is 15.7 Å². The monoisotopic (exact) mass is 301 g/mol. The molecule has 104 valence electrons. The Morgan fingerprint density at radius 3 is 2.32 bits per heavy atom. The lowest BCUT2D eigenvalue weighted by molar-refractivity contribution is 0.100. The molecule has 0 heterocycles. The van der Waals surface area contributed by atoms with Gasteiger partial charge in [-0.25, -0.2) is 8.42 Å². The second-order valence-electron chi connectivity index (χ2n) is 3.93. The van der Waals surface area contributed by atoms with Crippen molar-refractivity contribution in [3.05, 3.63) is 23.3 Å². The zero-order valence-corrected chi connectivity index (χ0v) is 12.4. The number of aliphatic imine (C=N–C) groups is 1. The third-order valence-corrected chi connectivity index (χ3v) is 4.41. The average molecular weight is 301 g/mol. The standard InChI is InChI=1S/C11H15N3O3S2/c1-6-4-8(18-2)9(19(3,16)17)5-7(6)10(15)14-11(12)13/h4-5H,1-3H3,(H4,12,13,14,15). The summed E-state index contributed by atoms with van der Waals surface area (Å²) in [6, 6.07) is 2.95. The van der Waals surface area contributed by atoms with Crippen molar-refractivity contribution in [1.29, 1.82) is 0 Å². The van der Waals surface area contributed by atoms with Gasteiger partial charge in [0.25, 0.3) is 5.91 Å². The zero-order chi connectivity index (χ0) is 14.8. The molecule has 19 heavy (non-hydrogen) atoms. The van der Waals surface area contributed by atoms with Crippen molar-refractivity contribution in [2.24, 2.45) is 16.5 Å². The number of guanidine groups is 1. The SMILES string of the molecule is CSc1cc(C)c(C(=O)N=C(N)N)cc1S(C)(=O)=O. The van der Waals surface area contributed by atoms with Gasteiger partial charge in [0.15, 0.2) is 15.8 Å². The van der Waals surface area contributed by atoms with Crippen LogP contribution in [0, 0.1) is 6.92 Å². The number of nitrogens with zero attached hydrogens (tertiary/aromatic N) is 1. The van der Waals surface area contributed by atoms with E-state index in [1.165, 1.54) is 17.8 Å². The van der Waals surface area contributed by atoms with Crippen molar-refractivity contribution in [3.8, 4) is 0 Å². The predicted molar refractivity (Wildman–Crippen MR) is 76.2 cm³/mol. The number of hydrogen-bond donors (Lipinski definition) is 2. The second-order valence-corrected chi connectivity index (χ2v) is 6.76. The van der Waals surface area contributed by atoms with Crippen LogP contribution >= 0.6 is 11.8 Å². The highest BCUT2D eigenvalue weighted by molar-refractivity contribution is 7.99. The Morgan fingerprint density at radius 2 is 1.89 bits per heavy atom. The maximum atomic E-state index is 11.8. The van der Waals surface area contributed by atoms with Crippen LogP contribution in [0.15, 0.2) is 26.9 Å². The van der Waals surface area contributed by atoms with Crippen LogP contribution in [0.4, 0.5) is 0 Å². The van der Waals surface area contributed by atoms with Gasteiger partial charge in [-0.1, -0.05) is 0 Å². The predicted octanol–water partition coefficient (Wildman–Crippen LogP) is 0.534. The Kier molecular flexibility index (Phi) is 4.59. The number of rotatable bonds is 3. The van der Waals surface area contributed by atoms with Crippen LogP contribution in [0.1, 0.15) is 15.9 Å². The van der Waals surface area contributed by atoms with E-state index in [2.05, 4.69) is 4.99 Å². The van der Waals surface area contributed by atoms with Crippen molar-refractivity contribution in [1.82, 2.24) is 0 Å². The van der Waals surface area contributed by atoms with Gasteiger partial charge in [-0.05, 0) is 30.9 Å². The molecular weight excluding hydrogens is 286 g/mol. The fourth-order valence-corrected chi connectivity index (χ4v) is 3.53. The molecule has 0 bridgehead atoms. The average Bonchev–Trinajstić information content (AvgIpc) is 2.25. The molecule has 1 rings (SSSR count). The highest BCUT2D eigenvalue weighted by atomic mass is 32.2. The smallest absolute Gasteiger partial charge is 0.280 e. The maximum Gasteiger partial charge on any atom is 0.280 e. The quantitative estimate of drug-likeness (QED) is 0.478. The van der Waals surface area contributed by atoms with Gasteiger partial charge in [0.2, 0.25) is 0 Å². The summed E-state index contributed by atoms with van der Waals surface area (Å²) in [5.74, 6) is -1.02. The molecule has 0 atom stereocenters. The number of aryl methyl sites for hydroxylation is 1.